The molecule has 0 spiro atoms. The van der Waals surface area contributed by atoms with Crippen LogP contribution >= 0.6 is 15.9 Å². The highest BCUT2D eigenvalue weighted by Crippen LogP contribution is 2.18. The van der Waals surface area contributed by atoms with Crippen LogP contribution in [-0.4, -0.2) is 11.5 Å². The van der Waals surface area contributed by atoms with Crippen molar-refractivity contribution in [2.24, 2.45) is 0 Å². The highest BCUT2D eigenvalue weighted by Gasteiger charge is 2.03. The Bertz CT molecular complexity index is 528. The van der Waals surface area contributed by atoms with Gasteiger partial charge in [0.05, 0.1) is 6.20 Å². The molecule has 106 valence electrons. The number of benzene rings is 1. The third-order valence-electron chi connectivity index (χ3n) is 2.92. The number of rotatable bonds is 7. The van der Waals surface area contributed by atoms with Gasteiger partial charge in [0, 0.05) is 22.8 Å². The van der Waals surface area contributed by atoms with Gasteiger partial charge < -0.3 is 10.1 Å². The van der Waals surface area contributed by atoms with Gasteiger partial charge in [-0.15, -0.1) is 0 Å². The van der Waals surface area contributed by atoms with Gasteiger partial charge in [0.15, 0.2) is 0 Å². The topological polar surface area (TPSA) is 34.2 Å². The fourth-order valence-corrected chi connectivity index (χ4v) is 2.09. The Labute approximate surface area is 128 Å². The summed E-state index contributed by atoms with van der Waals surface area (Å²) >= 11 is 3.43. The van der Waals surface area contributed by atoms with E-state index in [0.29, 0.717) is 6.61 Å². The van der Waals surface area contributed by atoms with Crippen molar-refractivity contribution >= 4 is 15.9 Å². The van der Waals surface area contributed by atoms with Crippen LogP contribution in [-0.2, 0) is 13.2 Å². The largest absolute Gasteiger partial charge is 0.487 e. The Morgan fingerprint density at radius 2 is 2.00 bits per heavy atom. The van der Waals surface area contributed by atoms with Crippen molar-refractivity contribution in [1.29, 1.82) is 0 Å². The summed E-state index contributed by atoms with van der Waals surface area (Å²) in [5.41, 5.74) is 2.29. The molecule has 1 aromatic heterocycles. The van der Waals surface area contributed by atoms with Crippen molar-refractivity contribution in [3.63, 3.8) is 0 Å². The molecule has 3 nitrogen and oxygen atoms in total. The van der Waals surface area contributed by atoms with Gasteiger partial charge in [0.2, 0.25) is 0 Å². The second kappa shape index (κ2) is 8.02. The van der Waals surface area contributed by atoms with Gasteiger partial charge >= 0.3 is 0 Å². The van der Waals surface area contributed by atoms with Crippen LogP contribution in [0.15, 0.2) is 47.2 Å². The zero-order valence-electron chi connectivity index (χ0n) is 11.6. The summed E-state index contributed by atoms with van der Waals surface area (Å²) in [6, 6.07) is 10.1. The summed E-state index contributed by atoms with van der Waals surface area (Å²) in [7, 11) is 0. The maximum atomic E-state index is 5.88. The van der Waals surface area contributed by atoms with Gasteiger partial charge in [-0.3, -0.25) is 4.98 Å². The Balaban J connectivity index is 1.96. The van der Waals surface area contributed by atoms with E-state index in [4.69, 9.17) is 4.74 Å². The molecule has 2 rings (SSSR count). The van der Waals surface area contributed by atoms with Gasteiger partial charge in [-0.05, 0) is 36.7 Å². The van der Waals surface area contributed by atoms with Crippen molar-refractivity contribution < 1.29 is 4.74 Å². The van der Waals surface area contributed by atoms with Crippen molar-refractivity contribution in [2.75, 3.05) is 6.54 Å². The third kappa shape index (κ3) is 4.62. The van der Waals surface area contributed by atoms with E-state index in [1.807, 2.05) is 18.2 Å². The summed E-state index contributed by atoms with van der Waals surface area (Å²) < 4.78 is 6.95. The molecule has 20 heavy (non-hydrogen) atoms. The van der Waals surface area contributed by atoms with Crippen LogP contribution in [0.2, 0.25) is 0 Å². The summed E-state index contributed by atoms with van der Waals surface area (Å²) in [4.78, 5) is 4.14. The predicted octanol–water partition coefficient (Wildman–Crippen LogP) is 3.92. The van der Waals surface area contributed by atoms with Crippen LogP contribution in [0.4, 0.5) is 0 Å². The third-order valence-corrected chi connectivity index (χ3v) is 3.45. The van der Waals surface area contributed by atoms with Gasteiger partial charge in [0.1, 0.15) is 12.4 Å². The number of nitrogens with one attached hydrogen (secondary N) is 1. The van der Waals surface area contributed by atoms with Gasteiger partial charge in [0.25, 0.3) is 0 Å². The van der Waals surface area contributed by atoms with Crippen LogP contribution in [0.25, 0.3) is 0 Å². The number of hydrogen-bond acceptors (Lipinski definition) is 3. The van der Waals surface area contributed by atoms with Crippen LogP contribution < -0.4 is 10.1 Å². The Morgan fingerprint density at radius 3 is 2.75 bits per heavy atom. The molecular weight excluding hydrogens is 316 g/mol. The maximum absolute atomic E-state index is 5.88. The van der Waals surface area contributed by atoms with E-state index >= 15 is 0 Å². The SMILES string of the molecule is CCCNCc1ccncc1OCc1ccc(Br)cc1. The molecule has 0 aliphatic rings. The van der Waals surface area contributed by atoms with Crippen LogP contribution in [0, 0.1) is 0 Å². The number of halogens is 1. The molecule has 0 atom stereocenters. The maximum Gasteiger partial charge on any atom is 0.142 e. The van der Waals surface area contributed by atoms with Crippen molar-refractivity contribution in [2.45, 2.75) is 26.5 Å². The van der Waals surface area contributed by atoms with Crippen LogP contribution in [0.1, 0.15) is 24.5 Å². The number of nitrogens with zero attached hydrogens (tertiary/aromatic N) is 1. The van der Waals surface area contributed by atoms with E-state index < -0.39 is 0 Å². The van der Waals surface area contributed by atoms with Crippen molar-refractivity contribution in [3.05, 3.63) is 58.3 Å². The van der Waals surface area contributed by atoms with E-state index in [0.717, 1.165) is 40.9 Å². The van der Waals surface area contributed by atoms with E-state index in [-0.39, 0.29) is 0 Å². The lowest BCUT2D eigenvalue weighted by Gasteiger charge is -2.11. The van der Waals surface area contributed by atoms with Crippen LogP contribution in [0.5, 0.6) is 5.75 Å². The fraction of sp³-hybridized carbons (Fsp3) is 0.312. The molecule has 0 amide bonds. The second-order valence-electron chi connectivity index (χ2n) is 4.58. The summed E-state index contributed by atoms with van der Waals surface area (Å²) in [6.45, 7) is 4.53. The minimum atomic E-state index is 0.555. The quantitative estimate of drug-likeness (QED) is 0.779. The average molecular weight is 335 g/mol. The molecule has 0 radical (unpaired) electrons. The summed E-state index contributed by atoms with van der Waals surface area (Å²) in [6.07, 6.45) is 4.71. The van der Waals surface area contributed by atoms with E-state index in [1.165, 1.54) is 0 Å². The number of hydrogen-bond donors (Lipinski definition) is 1. The summed E-state index contributed by atoms with van der Waals surface area (Å²) in [5.74, 6) is 0.846. The second-order valence-corrected chi connectivity index (χ2v) is 5.49. The van der Waals surface area contributed by atoms with Crippen molar-refractivity contribution in [1.82, 2.24) is 10.3 Å². The first-order valence-corrected chi connectivity index (χ1v) is 7.59. The molecule has 1 N–H and O–H groups in total. The fourth-order valence-electron chi connectivity index (χ4n) is 1.83. The number of aromatic nitrogens is 1. The molecule has 0 aliphatic carbocycles. The molecule has 0 saturated heterocycles. The molecule has 0 saturated carbocycles. The van der Waals surface area contributed by atoms with E-state index in [1.54, 1.807) is 12.4 Å². The molecule has 0 bridgehead atoms. The highest BCUT2D eigenvalue weighted by atomic mass is 79.9. The van der Waals surface area contributed by atoms with E-state index in [2.05, 4.69) is 45.3 Å². The monoisotopic (exact) mass is 334 g/mol. The minimum absolute atomic E-state index is 0.555. The average Bonchev–Trinajstić information content (AvgIpc) is 2.48. The molecule has 4 heteroatoms. The van der Waals surface area contributed by atoms with Crippen molar-refractivity contribution in [3.8, 4) is 5.75 Å². The predicted molar refractivity (Wildman–Crippen MR) is 84.7 cm³/mol. The molecule has 0 unspecified atom stereocenters. The highest BCUT2D eigenvalue weighted by molar-refractivity contribution is 9.10. The Hall–Kier alpha value is -1.39. The molecule has 2 aromatic rings. The lowest BCUT2D eigenvalue weighted by Crippen LogP contribution is -2.14. The van der Waals surface area contributed by atoms with Gasteiger partial charge in [-0.1, -0.05) is 35.0 Å². The number of pyridine rings is 1. The lowest BCUT2D eigenvalue weighted by molar-refractivity contribution is 0.301. The standard InChI is InChI=1S/C16H19BrN2O/c1-2-8-18-10-14-7-9-19-11-16(14)20-12-13-3-5-15(17)6-4-13/h3-7,9,11,18H,2,8,10,12H2,1H3. The number of ether oxygens (including phenoxy) is 1. The zero-order valence-corrected chi connectivity index (χ0v) is 13.2. The summed E-state index contributed by atoms with van der Waals surface area (Å²) in [5, 5.41) is 3.38. The van der Waals surface area contributed by atoms with Gasteiger partial charge in [-0.25, -0.2) is 0 Å². The first kappa shape index (κ1) is 15.0. The molecule has 1 heterocycles. The molecule has 0 aliphatic heterocycles. The van der Waals surface area contributed by atoms with Crippen LogP contribution in [0.3, 0.4) is 0 Å². The Morgan fingerprint density at radius 1 is 1.20 bits per heavy atom. The lowest BCUT2D eigenvalue weighted by atomic mass is 10.2. The Kier molecular flexibility index (Phi) is 6.02. The molecular formula is C16H19BrN2O. The zero-order chi connectivity index (χ0) is 14.2. The molecule has 1 aromatic carbocycles. The first-order valence-electron chi connectivity index (χ1n) is 6.80. The van der Waals surface area contributed by atoms with E-state index in [9.17, 15) is 0 Å². The first-order chi connectivity index (χ1) is 9.79. The smallest absolute Gasteiger partial charge is 0.142 e. The molecule has 0 fully saturated rings. The minimum Gasteiger partial charge on any atom is -0.487 e. The van der Waals surface area contributed by atoms with Gasteiger partial charge in [-0.2, -0.15) is 0 Å². The normalized spacial score (nSPS) is 10.5.